The molecule has 0 unspecified atom stereocenters. The summed E-state index contributed by atoms with van der Waals surface area (Å²) in [5, 5.41) is 0. The zero-order valence-corrected chi connectivity index (χ0v) is 8.12. The third-order valence-corrected chi connectivity index (χ3v) is 2.20. The lowest BCUT2D eigenvalue weighted by molar-refractivity contribution is 0.301. The Morgan fingerprint density at radius 3 is 2.20 bits per heavy atom. The highest BCUT2D eigenvalue weighted by Crippen LogP contribution is 2.05. The van der Waals surface area contributed by atoms with Crippen LogP contribution < -0.4 is 0 Å². The molecule has 0 heterocycles. The summed E-state index contributed by atoms with van der Waals surface area (Å²) in [5.74, 6) is 1.44. The molecule has 1 nitrogen and oxygen atoms in total. The molecule has 0 saturated heterocycles. The van der Waals surface area contributed by atoms with Crippen molar-refractivity contribution in [3.63, 3.8) is 0 Å². The predicted octanol–water partition coefficient (Wildman–Crippen LogP) is 2.17. The summed E-state index contributed by atoms with van der Waals surface area (Å²) in [5.41, 5.74) is 0. The van der Waals surface area contributed by atoms with Gasteiger partial charge in [-0.05, 0) is 26.9 Å². The molecular weight excluding hydrogens is 169 g/mol. The third kappa shape index (κ3) is 4.37. The number of hydrogen-bond acceptors (Lipinski definition) is 1. The standard InChI is InChI=1S/C7H15Cl2N/c1-10(2)7(6-9)4-3-5-8/h7H,3-6H2,1-2H3/t7-/m0/s1. The molecule has 0 N–H and O–H groups in total. The van der Waals surface area contributed by atoms with Gasteiger partial charge in [0, 0.05) is 17.8 Å². The van der Waals surface area contributed by atoms with Gasteiger partial charge in [-0.25, -0.2) is 0 Å². The molecule has 0 aliphatic carbocycles. The van der Waals surface area contributed by atoms with Gasteiger partial charge in [-0.15, -0.1) is 23.2 Å². The Balaban J connectivity index is 3.40. The molecule has 3 heteroatoms. The van der Waals surface area contributed by atoms with Crippen LogP contribution in [-0.2, 0) is 0 Å². The molecule has 0 radical (unpaired) electrons. The maximum absolute atomic E-state index is 5.71. The van der Waals surface area contributed by atoms with Crippen LogP contribution >= 0.6 is 23.2 Å². The van der Waals surface area contributed by atoms with Gasteiger partial charge in [0.2, 0.25) is 0 Å². The number of alkyl halides is 2. The topological polar surface area (TPSA) is 3.24 Å². The first-order chi connectivity index (χ1) is 4.72. The van der Waals surface area contributed by atoms with Crippen LogP contribution in [0, 0.1) is 0 Å². The summed E-state index contributed by atoms with van der Waals surface area (Å²) >= 11 is 11.3. The largest absolute Gasteiger partial charge is 0.305 e. The fourth-order valence-corrected chi connectivity index (χ4v) is 1.37. The van der Waals surface area contributed by atoms with E-state index >= 15 is 0 Å². The molecule has 10 heavy (non-hydrogen) atoms. The van der Waals surface area contributed by atoms with Crippen LogP contribution in [-0.4, -0.2) is 36.8 Å². The quantitative estimate of drug-likeness (QED) is 0.592. The van der Waals surface area contributed by atoms with Crippen LogP contribution in [0.4, 0.5) is 0 Å². The molecule has 0 saturated carbocycles. The summed E-state index contributed by atoms with van der Waals surface area (Å²) in [6.45, 7) is 0. The van der Waals surface area contributed by atoms with Crippen LogP contribution in [0.25, 0.3) is 0 Å². The van der Waals surface area contributed by atoms with E-state index in [-0.39, 0.29) is 0 Å². The van der Waals surface area contributed by atoms with Gasteiger partial charge in [-0.1, -0.05) is 0 Å². The number of rotatable bonds is 5. The minimum atomic E-state index is 0.486. The molecule has 0 aromatic rings. The summed E-state index contributed by atoms with van der Waals surface area (Å²) in [6.07, 6.45) is 2.15. The normalized spacial score (nSPS) is 14.1. The van der Waals surface area contributed by atoms with Crippen molar-refractivity contribution in [2.45, 2.75) is 18.9 Å². The van der Waals surface area contributed by atoms with E-state index in [1.165, 1.54) is 0 Å². The maximum atomic E-state index is 5.71. The van der Waals surface area contributed by atoms with Crippen molar-refractivity contribution >= 4 is 23.2 Å². The van der Waals surface area contributed by atoms with Gasteiger partial charge in [-0.3, -0.25) is 0 Å². The molecule has 0 spiro atoms. The number of nitrogens with zero attached hydrogens (tertiary/aromatic N) is 1. The molecule has 0 amide bonds. The Morgan fingerprint density at radius 1 is 1.30 bits per heavy atom. The molecule has 0 bridgehead atoms. The van der Waals surface area contributed by atoms with Crippen LogP contribution in [0.5, 0.6) is 0 Å². The molecule has 0 aromatic carbocycles. The second-order valence-corrected chi connectivity index (χ2v) is 3.29. The molecule has 0 aliphatic heterocycles. The van der Waals surface area contributed by atoms with E-state index in [1.807, 2.05) is 14.1 Å². The lowest BCUT2D eigenvalue weighted by Gasteiger charge is -2.20. The maximum Gasteiger partial charge on any atom is 0.0379 e. The molecule has 0 aromatic heterocycles. The molecule has 62 valence electrons. The summed E-state index contributed by atoms with van der Waals surface area (Å²) in [6, 6.07) is 0.486. The summed E-state index contributed by atoms with van der Waals surface area (Å²) in [7, 11) is 4.09. The smallest absolute Gasteiger partial charge is 0.0379 e. The molecule has 0 rings (SSSR count). The zero-order chi connectivity index (χ0) is 7.98. The highest BCUT2D eigenvalue weighted by molar-refractivity contribution is 6.18. The van der Waals surface area contributed by atoms with E-state index in [9.17, 15) is 0 Å². The van der Waals surface area contributed by atoms with E-state index in [0.29, 0.717) is 11.9 Å². The molecule has 0 fully saturated rings. The van der Waals surface area contributed by atoms with E-state index < -0.39 is 0 Å². The van der Waals surface area contributed by atoms with Crippen LogP contribution in [0.15, 0.2) is 0 Å². The molecular formula is C7H15Cl2N. The Bertz CT molecular complexity index is 76.0. The second-order valence-electron chi connectivity index (χ2n) is 2.60. The zero-order valence-electron chi connectivity index (χ0n) is 6.61. The van der Waals surface area contributed by atoms with Gasteiger partial charge in [0.25, 0.3) is 0 Å². The van der Waals surface area contributed by atoms with Gasteiger partial charge in [0.1, 0.15) is 0 Å². The van der Waals surface area contributed by atoms with Gasteiger partial charge < -0.3 is 4.90 Å². The second kappa shape index (κ2) is 6.26. The number of halogens is 2. The van der Waals surface area contributed by atoms with Crippen molar-refractivity contribution in [2.75, 3.05) is 25.9 Å². The third-order valence-electron chi connectivity index (χ3n) is 1.58. The van der Waals surface area contributed by atoms with Gasteiger partial charge in [0.15, 0.2) is 0 Å². The van der Waals surface area contributed by atoms with Crippen LogP contribution in [0.1, 0.15) is 12.8 Å². The van der Waals surface area contributed by atoms with Crippen molar-refractivity contribution in [2.24, 2.45) is 0 Å². The fraction of sp³-hybridized carbons (Fsp3) is 1.00. The van der Waals surface area contributed by atoms with Gasteiger partial charge >= 0.3 is 0 Å². The Kier molecular flexibility index (Phi) is 6.60. The lowest BCUT2D eigenvalue weighted by Crippen LogP contribution is -2.29. The Hall–Kier alpha value is 0.540. The van der Waals surface area contributed by atoms with Crippen molar-refractivity contribution in [3.8, 4) is 0 Å². The first-order valence-corrected chi connectivity index (χ1v) is 4.57. The van der Waals surface area contributed by atoms with E-state index in [0.717, 1.165) is 18.7 Å². The average molecular weight is 184 g/mol. The minimum Gasteiger partial charge on any atom is -0.305 e. The molecule has 0 aliphatic rings. The lowest BCUT2D eigenvalue weighted by atomic mass is 10.2. The highest BCUT2D eigenvalue weighted by Gasteiger charge is 2.07. The minimum absolute atomic E-state index is 0.486. The van der Waals surface area contributed by atoms with E-state index in [1.54, 1.807) is 0 Å². The van der Waals surface area contributed by atoms with Crippen molar-refractivity contribution in [3.05, 3.63) is 0 Å². The fourth-order valence-electron chi connectivity index (χ4n) is 0.786. The Labute approximate surface area is 73.3 Å². The van der Waals surface area contributed by atoms with E-state index in [2.05, 4.69) is 4.90 Å². The van der Waals surface area contributed by atoms with Crippen LogP contribution in [0.3, 0.4) is 0 Å². The van der Waals surface area contributed by atoms with E-state index in [4.69, 9.17) is 23.2 Å². The first-order valence-electron chi connectivity index (χ1n) is 3.50. The predicted molar refractivity (Wildman–Crippen MR) is 48.1 cm³/mol. The first kappa shape index (κ1) is 10.5. The average Bonchev–Trinajstić information content (AvgIpc) is 1.89. The van der Waals surface area contributed by atoms with Crippen molar-refractivity contribution in [1.82, 2.24) is 4.90 Å². The van der Waals surface area contributed by atoms with Gasteiger partial charge in [0.05, 0.1) is 0 Å². The summed E-state index contributed by atoms with van der Waals surface area (Å²) < 4.78 is 0. The van der Waals surface area contributed by atoms with Crippen LogP contribution in [0.2, 0.25) is 0 Å². The van der Waals surface area contributed by atoms with Crippen molar-refractivity contribution < 1.29 is 0 Å². The Morgan fingerprint density at radius 2 is 1.90 bits per heavy atom. The monoisotopic (exact) mass is 183 g/mol. The number of hydrogen-bond donors (Lipinski definition) is 0. The molecule has 1 atom stereocenters. The van der Waals surface area contributed by atoms with Gasteiger partial charge in [-0.2, -0.15) is 0 Å². The van der Waals surface area contributed by atoms with Crippen molar-refractivity contribution in [1.29, 1.82) is 0 Å². The SMILES string of the molecule is CN(C)[C@H](CCl)CCCCl. The highest BCUT2D eigenvalue weighted by atomic mass is 35.5. The summed E-state index contributed by atoms with van der Waals surface area (Å²) in [4.78, 5) is 2.14.